The molecule has 4 aromatic rings. The number of H-pyrrole nitrogens is 1. The van der Waals surface area contributed by atoms with Crippen LogP contribution in [0, 0.1) is 6.92 Å². The van der Waals surface area contributed by atoms with Gasteiger partial charge in [0.1, 0.15) is 6.04 Å². The molecule has 28 heavy (non-hydrogen) atoms. The zero-order chi connectivity index (χ0) is 19.1. The zero-order valence-electron chi connectivity index (χ0n) is 15.4. The Hall–Kier alpha value is -3.49. The summed E-state index contributed by atoms with van der Waals surface area (Å²) in [5, 5.41) is 18.8. The number of carbonyl (C=O) groups excluding carboxylic acids is 1. The number of anilines is 1. The average molecular weight is 376 g/mol. The average Bonchev–Trinajstić information content (AvgIpc) is 3.27. The number of aromatic nitrogens is 6. The van der Waals surface area contributed by atoms with Crippen molar-refractivity contribution in [1.29, 1.82) is 0 Å². The van der Waals surface area contributed by atoms with Crippen LogP contribution in [0.5, 0.6) is 0 Å². The second-order valence-electron chi connectivity index (χ2n) is 7.02. The number of para-hydroxylation sites is 1. The number of aryl methyl sites for hydroxylation is 1. The van der Waals surface area contributed by atoms with E-state index in [1.165, 1.54) is 0 Å². The van der Waals surface area contributed by atoms with E-state index in [1.54, 1.807) is 10.7 Å². The summed E-state index contributed by atoms with van der Waals surface area (Å²) in [5.41, 5.74) is 3.23. The Morgan fingerprint density at radius 1 is 1.21 bits per heavy atom. The van der Waals surface area contributed by atoms with E-state index in [4.69, 9.17) is 9.97 Å². The minimum Gasteiger partial charge on any atom is -0.354 e. The van der Waals surface area contributed by atoms with Crippen LogP contribution >= 0.6 is 0 Å². The lowest BCUT2D eigenvalue weighted by atomic mass is 10.1. The summed E-state index contributed by atoms with van der Waals surface area (Å²) in [5.74, 6) is 1.07. The van der Waals surface area contributed by atoms with Crippen molar-refractivity contribution in [3.05, 3.63) is 36.2 Å². The number of benzene rings is 1. The number of carbonyl (C=O) groups is 1. The van der Waals surface area contributed by atoms with E-state index in [9.17, 15) is 4.79 Å². The van der Waals surface area contributed by atoms with Gasteiger partial charge in [-0.1, -0.05) is 12.1 Å². The molecule has 1 amide bonds. The third-order valence-electron chi connectivity index (χ3n) is 5.09. The number of hydrogen-bond donors (Lipinski definition) is 3. The molecule has 3 aromatic heterocycles. The molecule has 5 rings (SSSR count). The van der Waals surface area contributed by atoms with Gasteiger partial charge in [0.05, 0.1) is 17.3 Å². The Morgan fingerprint density at radius 3 is 2.96 bits per heavy atom. The molecule has 0 radical (unpaired) electrons. The molecule has 142 valence electrons. The molecule has 9 heteroatoms. The maximum atomic E-state index is 12.4. The Kier molecular flexibility index (Phi) is 3.92. The van der Waals surface area contributed by atoms with Crippen molar-refractivity contribution < 1.29 is 4.79 Å². The van der Waals surface area contributed by atoms with Gasteiger partial charge in [-0.15, -0.1) is 5.10 Å². The van der Waals surface area contributed by atoms with Gasteiger partial charge in [0.15, 0.2) is 11.5 Å². The number of rotatable bonds is 3. The van der Waals surface area contributed by atoms with E-state index in [0.717, 1.165) is 41.4 Å². The fraction of sp³-hybridized carbons (Fsp3) is 0.316. The number of aromatic amines is 1. The highest BCUT2D eigenvalue weighted by Crippen LogP contribution is 2.25. The van der Waals surface area contributed by atoms with Crippen LogP contribution in [0.25, 0.3) is 27.9 Å². The van der Waals surface area contributed by atoms with Gasteiger partial charge in [0.25, 0.3) is 0 Å². The molecule has 0 bridgehead atoms. The number of nitrogens with one attached hydrogen (secondary N) is 3. The predicted octanol–water partition coefficient (Wildman–Crippen LogP) is 2.06. The summed E-state index contributed by atoms with van der Waals surface area (Å²) in [7, 11) is 0. The van der Waals surface area contributed by atoms with Gasteiger partial charge in [-0.2, -0.15) is 9.61 Å². The molecule has 1 aliphatic rings. The van der Waals surface area contributed by atoms with E-state index >= 15 is 0 Å². The lowest BCUT2D eigenvalue weighted by Crippen LogP contribution is -2.38. The van der Waals surface area contributed by atoms with Crippen LogP contribution < -0.4 is 10.6 Å². The molecule has 1 atom stereocenters. The van der Waals surface area contributed by atoms with Crippen LogP contribution in [0.3, 0.4) is 0 Å². The minimum atomic E-state index is -0.345. The molecular formula is C19H20N8O. The maximum absolute atomic E-state index is 12.4. The van der Waals surface area contributed by atoms with E-state index in [1.807, 2.05) is 31.2 Å². The maximum Gasteiger partial charge on any atom is 0.242 e. The third-order valence-corrected chi connectivity index (χ3v) is 5.09. The van der Waals surface area contributed by atoms with Crippen molar-refractivity contribution in [2.45, 2.75) is 32.2 Å². The van der Waals surface area contributed by atoms with Crippen molar-refractivity contribution >= 4 is 28.4 Å². The van der Waals surface area contributed by atoms with E-state index < -0.39 is 0 Å². The van der Waals surface area contributed by atoms with Crippen molar-refractivity contribution in [2.24, 2.45) is 0 Å². The molecule has 0 saturated carbocycles. The molecule has 0 spiro atoms. The topological polar surface area (TPSA) is 113 Å². The van der Waals surface area contributed by atoms with Crippen molar-refractivity contribution in [1.82, 2.24) is 35.1 Å². The van der Waals surface area contributed by atoms with Crippen molar-refractivity contribution in [2.75, 3.05) is 11.9 Å². The van der Waals surface area contributed by atoms with Gasteiger partial charge in [-0.3, -0.25) is 9.89 Å². The normalized spacial score (nSPS) is 17.6. The first-order valence-electron chi connectivity index (χ1n) is 9.41. The Morgan fingerprint density at radius 2 is 2.11 bits per heavy atom. The van der Waals surface area contributed by atoms with E-state index in [-0.39, 0.29) is 11.9 Å². The molecule has 1 unspecified atom stereocenters. The number of fused-ring (bicyclic) bond motifs is 3. The summed E-state index contributed by atoms with van der Waals surface area (Å²) in [4.78, 5) is 21.9. The standard InChI is InChI=1S/C19H20N8O/c1-11-13(10-21-25-11)16-24-17-12-6-2-3-7-14(12)22-19(27(17)26-16)23-15-8-4-5-9-20-18(15)28/h2-3,6-7,10,15H,4-5,8-9H2,1H3,(H,20,28)(H,21,25)(H,22,23). The first-order valence-corrected chi connectivity index (χ1v) is 9.41. The lowest BCUT2D eigenvalue weighted by molar-refractivity contribution is -0.121. The molecule has 3 N–H and O–H groups in total. The largest absolute Gasteiger partial charge is 0.354 e. The fourth-order valence-electron chi connectivity index (χ4n) is 3.57. The highest BCUT2D eigenvalue weighted by atomic mass is 16.2. The summed E-state index contributed by atoms with van der Waals surface area (Å²) in [6, 6.07) is 7.45. The summed E-state index contributed by atoms with van der Waals surface area (Å²) in [6.45, 7) is 2.64. The molecule has 1 fully saturated rings. The van der Waals surface area contributed by atoms with Crippen molar-refractivity contribution in [3.63, 3.8) is 0 Å². The van der Waals surface area contributed by atoms with Gasteiger partial charge in [-0.25, -0.2) is 9.97 Å². The van der Waals surface area contributed by atoms with Gasteiger partial charge in [0.2, 0.25) is 11.9 Å². The second kappa shape index (κ2) is 6.59. The molecule has 4 heterocycles. The van der Waals surface area contributed by atoms with Crippen LogP contribution in [0.1, 0.15) is 25.0 Å². The lowest BCUT2D eigenvalue weighted by Gasteiger charge is -2.16. The summed E-state index contributed by atoms with van der Waals surface area (Å²) in [6.07, 6.45) is 4.43. The van der Waals surface area contributed by atoms with E-state index in [0.29, 0.717) is 24.0 Å². The smallest absolute Gasteiger partial charge is 0.242 e. The Bertz CT molecular complexity index is 1180. The highest BCUT2D eigenvalue weighted by Gasteiger charge is 2.23. The molecule has 1 aromatic carbocycles. The molecular weight excluding hydrogens is 356 g/mol. The molecule has 9 nitrogen and oxygen atoms in total. The van der Waals surface area contributed by atoms with Crippen molar-refractivity contribution in [3.8, 4) is 11.4 Å². The first kappa shape index (κ1) is 16.7. The first-order chi connectivity index (χ1) is 13.7. The number of amides is 1. The van der Waals surface area contributed by atoms with Crippen LogP contribution in [0.2, 0.25) is 0 Å². The fourth-order valence-corrected chi connectivity index (χ4v) is 3.57. The number of nitrogens with zero attached hydrogens (tertiary/aromatic N) is 5. The zero-order valence-corrected chi connectivity index (χ0v) is 15.4. The molecule has 0 aliphatic carbocycles. The summed E-state index contributed by atoms with van der Waals surface area (Å²) >= 11 is 0. The molecule has 1 aliphatic heterocycles. The predicted molar refractivity (Wildman–Crippen MR) is 105 cm³/mol. The van der Waals surface area contributed by atoms with Crippen LogP contribution in [0.4, 0.5) is 5.95 Å². The summed E-state index contributed by atoms with van der Waals surface area (Å²) < 4.78 is 1.68. The van der Waals surface area contributed by atoms with Crippen LogP contribution in [-0.4, -0.2) is 48.3 Å². The van der Waals surface area contributed by atoms with Gasteiger partial charge >= 0.3 is 0 Å². The van der Waals surface area contributed by atoms with Gasteiger partial charge in [-0.05, 0) is 38.3 Å². The minimum absolute atomic E-state index is 0.00775. The monoisotopic (exact) mass is 376 g/mol. The molecule has 1 saturated heterocycles. The third kappa shape index (κ3) is 2.75. The van der Waals surface area contributed by atoms with Gasteiger partial charge < -0.3 is 10.6 Å². The number of hydrogen-bond acceptors (Lipinski definition) is 6. The Labute approximate surface area is 160 Å². The SMILES string of the molecule is Cc1[nH]ncc1-c1nc2c3ccccc3nc(NC3CCCCNC3=O)n2n1. The van der Waals surface area contributed by atoms with E-state index in [2.05, 4.69) is 25.9 Å². The van der Waals surface area contributed by atoms with Crippen LogP contribution in [0.15, 0.2) is 30.5 Å². The quantitative estimate of drug-likeness (QED) is 0.504. The second-order valence-corrected chi connectivity index (χ2v) is 7.02. The Balaban J connectivity index is 1.67. The highest BCUT2D eigenvalue weighted by molar-refractivity contribution is 5.93. The van der Waals surface area contributed by atoms with Gasteiger partial charge in [0, 0.05) is 17.6 Å². The van der Waals surface area contributed by atoms with Crippen LogP contribution in [-0.2, 0) is 4.79 Å².